The highest BCUT2D eigenvalue weighted by atomic mass is 19.4. The number of carbonyl (C=O) groups is 3. The zero-order valence-electron chi connectivity index (χ0n) is 20.3. The fourth-order valence-electron chi connectivity index (χ4n) is 5.37. The van der Waals surface area contributed by atoms with Crippen molar-refractivity contribution in [3.63, 3.8) is 0 Å². The second kappa shape index (κ2) is 10.9. The Bertz CT molecular complexity index is 1130. The van der Waals surface area contributed by atoms with Gasteiger partial charge in [-0.05, 0) is 72.6 Å². The molecule has 5 rings (SSSR count). The number of benzene rings is 1. The first-order chi connectivity index (χ1) is 17.6. The number of aliphatic carboxylic acids is 1. The Hall–Kier alpha value is -3.43. The Morgan fingerprint density at radius 3 is 2.35 bits per heavy atom. The second-order valence-electron chi connectivity index (χ2n) is 10.1. The summed E-state index contributed by atoms with van der Waals surface area (Å²) < 4.78 is 31.7. The van der Waals surface area contributed by atoms with Crippen LogP contribution in [0.1, 0.15) is 65.9 Å². The molecule has 0 radical (unpaired) electrons. The minimum atomic E-state index is -5.08. The first-order valence-electron chi connectivity index (χ1n) is 12.4. The summed E-state index contributed by atoms with van der Waals surface area (Å²) in [6.07, 6.45) is 4.26. The maximum absolute atomic E-state index is 12.8. The number of piperidine rings is 1. The molecule has 1 atom stereocenters. The van der Waals surface area contributed by atoms with Crippen LogP contribution in [-0.4, -0.2) is 58.6 Å². The average Bonchev–Trinajstić information content (AvgIpc) is 3.68. The molecule has 7 nitrogen and oxygen atoms in total. The molecule has 1 aromatic heterocycles. The smallest absolute Gasteiger partial charge is 0.475 e. The molecule has 0 bridgehead atoms. The van der Waals surface area contributed by atoms with Crippen LogP contribution in [0, 0.1) is 5.92 Å². The van der Waals surface area contributed by atoms with E-state index in [0.717, 1.165) is 38.9 Å². The number of carbonyl (C=O) groups excluding carboxylic acids is 2. The van der Waals surface area contributed by atoms with Crippen molar-refractivity contribution in [3.8, 4) is 0 Å². The van der Waals surface area contributed by atoms with Crippen molar-refractivity contribution in [3.05, 3.63) is 65.5 Å². The third-order valence-corrected chi connectivity index (χ3v) is 7.48. The molecule has 2 N–H and O–H groups in total. The maximum atomic E-state index is 12.8. The summed E-state index contributed by atoms with van der Waals surface area (Å²) in [5.41, 5.74) is 3.49. The molecule has 2 fully saturated rings. The number of carboxylic acid groups (broad SMARTS) is 1. The lowest BCUT2D eigenvalue weighted by Gasteiger charge is -2.40. The normalized spacial score (nSPS) is 20.0. The summed E-state index contributed by atoms with van der Waals surface area (Å²) in [5, 5.41) is 10.3. The Kier molecular flexibility index (Phi) is 7.85. The molecule has 3 aliphatic rings. The van der Waals surface area contributed by atoms with Crippen molar-refractivity contribution >= 4 is 17.8 Å². The SMILES string of the molecule is O=C(CC1CC2(CCN(C(=O)c3cccnc3)CC2)c2ccccc21)NCC1CC1.O=C(O)C(F)(F)F. The van der Waals surface area contributed by atoms with Crippen molar-refractivity contribution < 1.29 is 32.7 Å². The molecule has 2 aliphatic carbocycles. The number of aromatic nitrogens is 1. The molecule has 2 heterocycles. The number of pyridine rings is 1. The molecule has 1 aliphatic heterocycles. The molecule has 2 amide bonds. The number of halogens is 3. The topological polar surface area (TPSA) is 99.6 Å². The van der Waals surface area contributed by atoms with Gasteiger partial charge in [0, 0.05) is 38.4 Å². The van der Waals surface area contributed by atoms with E-state index >= 15 is 0 Å². The molecule has 1 aromatic carbocycles. The standard InChI is InChI=1S/C25H29N3O2.C2HF3O2/c29-23(27-16-18-7-8-18)14-20-15-25(22-6-2-1-5-21(20)22)9-12-28(13-10-25)24(30)19-4-3-11-26-17-19;3-2(4,5)1(6)7/h1-6,11,17-18,20H,7-10,12-16H2,(H,27,29);(H,6,7). The monoisotopic (exact) mass is 517 g/mol. The fraction of sp³-hybridized carbons (Fsp3) is 0.481. The first-order valence-corrected chi connectivity index (χ1v) is 12.4. The van der Waals surface area contributed by atoms with Crippen LogP contribution >= 0.6 is 0 Å². The van der Waals surface area contributed by atoms with Crippen LogP contribution in [-0.2, 0) is 15.0 Å². The number of rotatable bonds is 5. The van der Waals surface area contributed by atoms with Crippen LogP contribution in [0.15, 0.2) is 48.8 Å². The zero-order chi connectivity index (χ0) is 26.6. The molecule has 1 saturated carbocycles. The van der Waals surface area contributed by atoms with E-state index in [-0.39, 0.29) is 23.1 Å². The molecule has 1 saturated heterocycles. The van der Waals surface area contributed by atoms with Gasteiger partial charge in [-0.15, -0.1) is 0 Å². The van der Waals surface area contributed by atoms with Gasteiger partial charge < -0.3 is 15.3 Å². The lowest BCUT2D eigenvalue weighted by Crippen LogP contribution is -2.44. The Labute approximate surface area is 213 Å². The number of fused-ring (bicyclic) bond motifs is 2. The Morgan fingerprint density at radius 1 is 1.08 bits per heavy atom. The minimum absolute atomic E-state index is 0.0697. The predicted octanol–water partition coefficient (Wildman–Crippen LogP) is 4.29. The van der Waals surface area contributed by atoms with Gasteiger partial charge in [0.25, 0.3) is 5.91 Å². The highest BCUT2D eigenvalue weighted by Gasteiger charge is 2.46. The van der Waals surface area contributed by atoms with Crippen LogP contribution in [0.4, 0.5) is 13.2 Å². The van der Waals surface area contributed by atoms with E-state index in [0.29, 0.717) is 17.9 Å². The number of likely N-dealkylation sites (tertiary alicyclic amines) is 1. The van der Waals surface area contributed by atoms with E-state index in [2.05, 4.69) is 34.6 Å². The van der Waals surface area contributed by atoms with Crippen LogP contribution in [0.2, 0.25) is 0 Å². The van der Waals surface area contributed by atoms with Gasteiger partial charge in [0.1, 0.15) is 0 Å². The zero-order valence-corrected chi connectivity index (χ0v) is 20.3. The molecular formula is C27H30F3N3O4. The van der Waals surface area contributed by atoms with Gasteiger partial charge >= 0.3 is 12.1 Å². The third-order valence-electron chi connectivity index (χ3n) is 7.48. The van der Waals surface area contributed by atoms with Gasteiger partial charge in [-0.3, -0.25) is 14.6 Å². The fourth-order valence-corrected chi connectivity index (χ4v) is 5.37. The number of nitrogens with one attached hydrogen (secondary N) is 1. The second-order valence-corrected chi connectivity index (χ2v) is 10.1. The summed E-state index contributed by atoms with van der Waals surface area (Å²) >= 11 is 0. The van der Waals surface area contributed by atoms with Crippen LogP contribution in [0.5, 0.6) is 0 Å². The number of hydrogen-bond acceptors (Lipinski definition) is 4. The van der Waals surface area contributed by atoms with Crippen molar-refractivity contribution in [2.45, 2.75) is 56.0 Å². The van der Waals surface area contributed by atoms with Gasteiger partial charge in [0.15, 0.2) is 0 Å². The first kappa shape index (κ1) is 26.6. The molecule has 1 unspecified atom stereocenters. The van der Waals surface area contributed by atoms with Crippen LogP contribution in [0.25, 0.3) is 0 Å². The van der Waals surface area contributed by atoms with E-state index < -0.39 is 12.1 Å². The molecule has 198 valence electrons. The molecule has 37 heavy (non-hydrogen) atoms. The van der Waals surface area contributed by atoms with Gasteiger partial charge in [-0.2, -0.15) is 13.2 Å². The van der Waals surface area contributed by atoms with Crippen LogP contribution < -0.4 is 5.32 Å². The Morgan fingerprint density at radius 2 is 1.76 bits per heavy atom. The van der Waals surface area contributed by atoms with Crippen LogP contribution in [0.3, 0.4) is 0 Å². The van der Waals surface area contributed by atoms with Crippen molar-refractivity contribution in [2.75, 3.05) is 19.6 Å². The highest BCUT2D eigenvalue weighted by Crippen LogP contribution is 2.52. The quantitative estimate of drug-likeness (QED) is 0.617. The molecular weight excluding hydrogens is 487 g/mol. The molecule has 10 heteroatoms. The molecule has 2 aromatic rings. The van der Waals surface area contributed by atoms with E-state index in [1.165, 1.54) is 24.0 Å². The summed E-state index contributed by atoms with van der Waals surface area (Å²) in [6.45, 7) is 2.34. The predicted molar refractivity (Wildman–Crippen MR) is 129 cm³/mol. The molecule has 1 spiro atoms. The van der Waals surface area contributed by atoms with E-state index in [4.69, 9.17) is 9.90 Å². The largest absolute Gasteiger partial charge is 0.490 e. The van der Waals surface area contributed by atoms with Gasteiger partial charge in [0.05, 0.1) is 5.56 Å². The van der Waals surface area contributed by atoms with Gasteiger partial charge in [-0.25, -0.2) is 4.79 Å². The van der Waals surface area contributed by atoms with Gasteiger partial charge in [0.2, 0.25) is 5.91 Å². The number of alkyl halides is 3. The number of amides is 2. The summed E-state index contributed by atoms with van der Waals surface area (Å²) in [6, 6.07) is 12.3. The van der Waals surface area contributed by atoms with Crippen molar-refractivity contribution in [1.29, 1.82) is 0 Å². The summed E-state index contributed by atoms with van der Waals surface area (Å²) in [5.74, 6) is -1.52. The summed E-state index contributed by atoms with van der Waals surface area (Å²) in [4.78, 5) is 40.3. The number of hydrogen-bond donors (Lipinski definition) is 2. The number of nitrogens with zero attached hydrogens (tertiary/aromatic N) is 2. The third kappa shape index (κ3) is 6.47. The highest BCUT2D eigenvalue weighted by molar-refractivity contribution is 5.94. The van der Waals surface area contributed by atoms with Crippen molar-refractivity contribution in [1.82, 2.24) is 15.2 Å². The maximum Gasteiger partial charge on any atom is 0.490 e. The van der Waals surface area contributed by atoms with E-state index in [1.54, 1.807) is 12.4 Å². The van der Waals surface area contributed by atoms with E-state index in [1.807, 2.05) is 17.0 Å². The van der Waals surface area contributed by atoms with E-state index in [9.17, 15) is 22.8 Å². The average molecular weight is 518 g/mol. The Balaban J connectivity index is 0.000000405. The summed E-state index contributed by atoms with van der Waals surface area (Å²) in [7, 11) is 0. The van der Waals surface area contributed by atoms with Crippen molar-refractivity contribution in [2.24, 2.45) is 5.92 Å². The van der Waals surface area contributed by atoms with Gasteiger partial charge in [-0.1, -0.05) is 24.3 Å². The number of carboxylic acids is 1. The lowest BCUT2D eigenvalue weighted by molar-refractivity contribution is -0.192. The lowest BCUT2D eigenvalue weighted by atomic mass is 9.73. The minimum Gasteiger partial charge on any atom is -0.475 e.